The molecule has 1 saturated heterocycles. The third-order valence-electron chi connectivity index (χ3n) is 3.08. The van der Waals surface area contributed by atoms with E-state index in [-0.39, 0.29) is 0 Å². The number of ether oxygens (including phenoxy) is 1. The van der Waals surface area contributed by atoms with Crippen molar-refractivity contribution in [2.24, 2.45) is 11.0 Å². The number of nitrogens with zero attached hydrogens (tertiary/aromatic N) is 2. The Morgan fingerprint density at radius 3 is 2.50 bits per heavy atom. The van der Waals surface area contributed by atoms with Gasteiger partial charge in [-0.2, -0.15) is 5.10 Å². The van der Waals surface area contributed by atoms with Crippen molar-refractivity contribution < 1.29 is 4.74 Å². The van der Waals surface area contributed by atoms with Crippen LogP contribution in [0.1, 0.15) is 32.1 Å². The Hall–Kier alpha value is -0.570. The van der Waals surface area contributed by atoms with Crippen molar-refractivity contribution in [2.75, 3.05) is 26.3 Å². The van der Waals surface area contributed by atoms with Crippen molar-refractivity contribution in [2.45, 2.75) is 32.1 Å². The molecule has 1 aliphatic carbocycles. The van der Waals surface area contributed by atoms with E-state index in [0.717, 1.165) is 32.2 Å². The summed E-state index contributed by atoms with van der Waals surface area (Å²) in [5.74, 6) is 0.742. The number of rotatable bonds is 2. The molecule has 1 saturated carbocycles. The molecule has 3 heteroatoms. The van der Waals surface area contributed by atoms with Gasteiger partial charge in [0.15, 0.2) is 0 Å². The highest BCUT2D eigenvalue weighted by Gasteiger charge is 2.12. The standard InChI is InChI=1S/C11H20N2O/c1-2-4-11(5-3-1)10-12-13-6-8-14-9-7-13/h10-11H,1-9H2/b12-10-. The summed E-state index contributed by atoms with van der Waals surface area (Å²) in [5.41, 5.74) is 0. The Kier molecular flexibility index (Phi) is 3.80. The van der Waals surface area contributed by atoms with Gasteiger partial charge in [-0.15, -0.1) is 0 Å². The van der Waals surface area contributed by atoms with Crippen LogP contribution in [0.2, 0.25) is 0 Å². The molecule has 1 aliphatic heterocycles. The van der Waals surface area contributed by atoms with E-state index in [9.17, 15) is 0 Å². The largest absolute Gasteiger partial charge is 0.378 e. The number of hydrogen-bond acceptors (Lipinski definition) is 3. The van der Waals surface area contributed by atoms with Crippen LogP contribution in [-0.2, 0) is 4.74 Å². The third kappa shape index (κ3) is 2.98. The summed E-state index contributed by atoms with van der Waals surface area (Å²) in [6, 6.07) is 0. The molecule has 2 fully saturated rings. The molecule has 80 valence electrons. The van der Waals surface area contributed by atoms with Crippen LogP contribution < -0.4 is 0 Å². The van der Waals surface area contributed by atoms with Gasteiger partial charge in [0.1, 0.15) is 0 Å². The lowest BCUT2D eigenvalue weighted by Crippen LogP contribution is -2.32. The Bertz CT molecular complexity index is 162. The van der Waals surface area contributed by atoms with Crippen LogP contribution in [0, 0.1) is 5.92 Å². The molecule has 0 bridgehead atoms. The first kappa shape index (κ1) is 9.97. The summed E-state index contributed by atoms with van der Waals surface area (Å²) in [7, 11) is 0. The van der Waals surface area contributed by atoms with Crippen molar-refractivity contribution in [3.8, 4) is 0 Å². The fourth-order valence-corrected chi connectivity index (χ4v) is 2.14. The lowest BCUT2D eigenvalue weighted by atomic mass is 9.90. The average Bonchev–Trinajstić information content (AvgIpc) is 2.29. The fraction of sp³-hybridized carbons (Fsp3) is 0.909. The Labute approximate surface area is 86.1 Å². The molecule has 0 aromatic carbocycles. The van der Waals surface area contributed by atoms with E-state index in [1.165, 1.54) is 32.1 Å². The zero-order valence-electron chi connectivity index (χ0n) is 8.82. The molecule has 0 radical (unpaired) electrons. The lowest BCUT2D eigenvalue weighted by molar-refractivity contribution is 0.0393. The van der Waals surface area contributed by atoms with Crippen LogP contribution in [0.4, 0.5) is 0 Å². The summed E-state index contributed by atoms with van der Waals surface area (Å²) < 4.78 is 5.28. The SMILES string of the molecule is C(=N/N1CCOCC1)/C1CCCCC1. The highest BCUT2D eigenvalue weighted by atomic mass is 16.5. The second kappa shape index (κ2) is 5.35. The molecular weight excluding hydrogens is 176 g/mol. The molecular formula is C11H20N2O. The van der Waals surface area contributed by atoms with Gasteiger partial charge in [0, 0.05) is 6.21 Å². The zero-order valence-corrected chi connectivity index (χ0v) is 8.82. The summed E-state index contributed by atoms with van der Waals surface area (Å²) in [4.78, 5) is 0. The maximum absolute atomic E-state index is 5.28. The molecule has 0 aromatic rings. The van der Waals surface area contributed by atoms with Crippen LogP contribution in [0.25, 0.3) is 0 Å². The van der Waals surface area contributed by atoms with Crippen LogP contribution in [0.15, 0.2) is 5.10 Å². The zero-order chi connectivity index (χ0) is 9.64. The minimum Gasteiger partial charge on any atom is -0.378 e. The van der Waals surface area contributed by atoms with E-state index in [2.05, 4.69) is 16.3 Å². The van der Waals surface area contributed by atoms with Gasteiger partial charge in [-0.25, -0.2) is 0 Å². The number of morpholine rings is 1. The van der Waals surface area contributed by atoms with Crippen LogP contribution in [0.5, 0.6) is 0 Å². The first-order valence-electron chi connectivity index (χ1n) is 5.82. The predicted octanol–water partition coefficient (Wildman–Crippen LogP) is 1.88. The van der Waals surface area contributed by atoms with Crippen molar-refractivity contribution in [3.05, 3.63) is 0 Å². The normalized spacial score (nSPS) is 25.9. The Balaban J connectivity index is 1.73. The van der Waals surface area contributed by atoms with Gasteiger partial charge in [-0.1, -0.05) is 19.3 Å². The van der Waals surface area contributed by atoms with Crippen LogP contribution in [0.3, 0.4) is 0 Å². The average molecular weight is 196 g/mol. The second-order valence-corrected chi connectivity index (χ2v) is 4.23. The first-order valence-corrected chi connectivity index (χ1v) is 5.82. The topological polar surface area (TPSA) is 24.8 Å². The maximum Gasteiger partial charge on any atom is 0.0659 e. The summed E-state index contributed by atoms with van der Waals surface area (Å²) in [6.07, 6.45) is 9.05. The van der Waals surface area contributed by atoms with E-state index in [1.54, 1.807) is 0 Å². The van der Waals surface area contributed by atoms with Gasteiger partial charge in [-0.05, 0) is 18.8 Å². The molecule has 0 spiro atoms. The summed E-state index contributed by atoms with van der Waals surface area (Å²) in [6.45, 7) is 3.59. The van der Waals surface area contributed by atoms with Crippen molar-refractivity contribution in [1.29, 1.82) is 0 Å². The van der Waals surface area contributed by atoms with Gasteiger partial charge in [0.05, 0.1) is 26.3 Å². The molecule has 14 heavy (non-hydrogen) atoms. The Morgan fingerprint density at radius 2 is 1.79 bits per heavy atom. The first-order chi connectivity index (χ1) is 6.95. The summed E-state index contributed by atoms with van der Waals surface area (Å²) in [5, 5.41) is 6.67. The second-order valence-electron chi connectivity index (χ2n) is 4.23. The van der Waals surface area contributed by atoms with Gasteiger partial charge in [-0.3, -0.25) is 5.01 Å². The van der Waals surface area contributed by atoms with E-state index < -0.39 is 0 Å². The number of hydrazone groups is 1. The van der Waals surface area contributed by atoms with Crippen LogP contribution >= 0.6 is 0 Å². The van der Waals surface area contributed by atoms with Crippen molar-refractivity contribution >= 4 is 6.21 Å². The van der Waals surface area contributed by atoms with Crippen molar-refractivity contribution in [1.82, 2.24) is 5.01 Å². The highest BCUT2D eigenvalue weighted by Crippen LogP contribution is 2.21. The van der Waals surface area contributed by atoms with E-state index in [0.29, 0.717) is 0 Å². The monoisotopic (exact) mass is 196 g/mol. The van der Waals surface area contributed by atoms with E-state index in [1.807, 2.05) is 0 Å². The molecule has 0 amide bonds. The quantitative estimate of drug-likeness (QED) is 0.630. The van der Waals surface area contributed by atoms with E-state index in [4.69, 9.17) is 4.74 Å². The molecule has 0 unspecified atom stereocenters. The van der Waals surface area contributed by atoms with Gasteiger partial charge in [0.25, 0.3) is 0 Å². The third-order valence-corrected chi connectivity index (χ3v) is 3.08. The predicted molar refractivity (Wildman–Crippen MR) is 57.5 cm³/mol. The van der Waals surface area contributed by atoms with E-state index >= 15 is 0 Å². The fourth-order valence-electron chi connectivity index (χ4n) is 2.14. The molecule has 0 atom stereocenters. The minimum atomic E-state index is 0.742. The lowest BCUT2D eigenvalue weighted by Gasteiger charge is -2.25. The molecule has 0 N–H and O–H groups in total. The van der Waals surface area contributed by atoms with Gasteiger partial charge < -0.3 is 4.74 Å². The van der Waals surface area contributed by atoms with Crippen molar-refractivity contribution in [3.63, 3.8) is 0 Å². The Morgan fingerprint density at radius 1 is 1.07 bits per heavy atom. The molecule has 3 nitrogen and oxygen atoms in total. The molecule has 2 aliphatic rings. The van der Waals surface area contributed by atoms with Gasteiger partial charge in [0.2, 0.25) is 0 Å². The molecule has 1 heterocycles. The highest BCUT2D eigenvalue weighted by molar-refractivity contribution is 5.60. The molecule has 0 aromatic heterocycles. The van der Waals surface area contributed by atoms with Crippen LogP contribution in [-0.4, -0.2) is 37.5 Å². The van der Waals surface area contributed by atoms with Gasteiger partial charge >= 0.3 is 0 Å². The summed E-state index contributed by atoms with van der Waals surface area (Å²) >= 11 is 0. The molecule has 2 rings (SSSR count). The minimum absolute atomic E-state index is 0.742. The number of hydrogen-bond donors (Lipinski definition) is 0. The maximum atomic E-state index is 5.28. The smallest absolute Gasteiger partial charge is 0.0659 e.